The molecular formula is C16H28N2O3. The predicted octanol–water partition coefficient (Wildman–Crippen LogP) is 1.72. The van der Waals surface area contributed by atoms with Crippen molar-refractivity contribution in [1.29, 1.82) is 0 Å². The molecule has 0 saturated carbocycles. The number of likely N-dealkylation sites (tertiary alicyclic amines) is 1. The highest BCUT2D eigenvalue weighted by atomic mass is 16.4. The fraction of sp³-hybridized carbons (Fsp3) is 0.875. The van der Waals surface area contributed by atoms with E-state index >= 15 is 0 Å². The zero-order chi connectivity index (χ0) is 15.6. The molecule has 3 atom stereocenters. The molecule has 5 heteroatoms. The Labute approximate surface area is 127 Å². The highest BCUT2D eigenvalue weighted by Gasteiger charge is 2.49. The molecule has 21 heavy (non-hydrogen) atoms. The number of nitrogens with zero attached hydrogens (tertiary/aromatic N) is 1. The van der Waals surface area contributed by atoms with E-state index in [4.69, 9.17) is 0 Å². The molecule has 2 rings (SSSR count). The van der Waals surface area contributed by atoms with Crippen LogP contribution in [0.4, 0.5) is 0 Å². The first kappa shape index (κ1) is 16.3. The molecule has 3 unspecified atom stereocenters. The Balaban J connectivity index is 2.22. The van der Waals surface area contributed by atoms with Crippen molar-refractivity contribution in [3.8, 4) is 0 Å². The Bertz CT molecular complexity index is 402. The normalized spacial score (nSPS) is 33.4. The van der Waals surface area contributed by atoms with Crippen LogP contribution in [0, 0.1) is 17.3 Å². The van der Waals surface area contributed by atoms with Gasteiger partial charge in [-0.2, -0.15) is 0 Å². The average molecular weight is 296 g/mol. The number of carbonyl (C=O) groups excluding carboxylic acids is 1. The maximum atomic E-state index is 13.1. The number of amides is 1. The molecule has 120 valence electrons. The van der Waals surface area contributed by atoms with Crippen LogP contribution in [0.25, 0.3) is 0 Å². The monoisotopic (exact) mass is 296 g/mol. The molecule has 5 nitrogen and oxygen atoms in total. The maximum absolute atomic E-state index is 13.1. The minimum atomic E-state index is -0.855. The summed E-state index contributed by atoms with van der Waals surface area (Å²) in [5, 5.41) is 12.8. The first-order chi connectivity index (χ1) is 9.92. The molecule has 2 aliphatic rings. The lowest BCUT2D eigenvalue weighted by Gasteiger charge is -2.43. The number of hydrogen-bond acceptors (Lipinski definition) is 3. The third kappa shape index (κ3) is 2.93. The molecule has 2 aliphatic heterocycles. The van der Waals surface area contributed by atoms with Gasteiger partial charge in [0.05, 0.1) is 5.41 Å². The number of carbonyl (C=O) groups is 2. The van der Waals surface area contributed by atoms with Gasteiger partial charge in [-0.05, 0) is 37.6 Å². The van der Waals surface area contributed by atoms with Crippen LogP contribution in [-0.4, -0.2) is 47.6 Å². The summed E-state index contributed by atoms with van der Waals surface area (Å²) in [4.78, 5) is 26.4. The summed E-state index contributed by atoms with van der Waals surface area (Å²) in [7, 11) is 0. The summed E-state index contributed by atoms with van der Waals surface area (Å²) in [6.07, 6.45) is 3.32. The van der Waals surface area contributed by atoms with Crippen LogP contribution in [0.15, 0.2) is 0 Å². The minimum Gasteiger partial charge on any atom is -0.480 e. The van der Waals surface area contributed by atoms with E-state index in [0.717, 1.165) is 25.8 Å². The van der Waals surface area contributed by atoms with Gasteiger partial charge in [-0.3, -0.25) is 4.79 Å². The van der Waals surface area contributed by atoms with E-state index in [9.17, 15) is 14.7 Å². The Morgan fingerprint density at radius 3 is 2.62 bits per heavy atom. The van der Waals surface area contributed by atoms with Crippen LogP contribution >= 0.6 is 0 Å². The molecule has 0 spiro atoms. The van der Waals surface area contributed by atoms with Crippen molar-refractivity contribution in [3.05, 3.63) is 0 Å². The predicted molar refractivity (Wildman–Crippen MR) is 80.9 cm³/mol. The van der Waals surface area contributed by atoms with Gasteiger partial charge in [-0.15, -0.1) is 0 Å². The first-order valence-corrected chi connectivity index (χ1v) is 8.17. The molecule has 0 radical (unpaired) electrons. The summed E-state index contributed by atoms with van der Waals surface area (Å²) in [5.41, 5.74) is -0.424. The Morgan fingerprint density at radius 2 is 2.14 bits per heavy atom. The third-order valence-corrected chi connectivity index (χ3v) is 5.55. The SMILES string of the molecule is CCC1CCN(C(=O)C2(C(C)C)CCNC2)C(C(=O)O)C1. The topological polar surface area (TPSA) is 69.6 Å². The Morgan fingerprint density at radius 1 is 1.43 bits per heavy atom. The third-order valence-electron chi connectivity index (χ3n) is 5.55. The standard InChI is InChI=1S/C16H28N2O3/c1-4-12-5-8-18(13(9-12)14(19)20)15(21)16(11(2)3)6-7-17-10-16/h11-13,17H,4-10H2,1-3H3,(H,19,20). The van der Waals surface area contributed by atoms with Crippen molar-refractivity contribution in [2.45, 2.75) is 52.5 Å². The highest BCUT2D eigenvalue weighted by molar-refractivity contribution is 5.88. The molecule has 0 aliphatic carbocycles. The van der Waals surface area contributed by atoms with Crippen molar-refractivity contribution in [2.24, 2.45) is 17.3 Å². The van der Waals surface area contributed by atoms with E-state index < -0.39 is 17.4 Å². The number of nitrogens with one attached hydrogen (secondary N) is 1. The van der Waals surface area contributed by atoms with Gasteiger partial charge in [0.15, 0.2) is 0 Å². The summed E-state index contributed by atoms with van der Waals surface area (Å²) in [6, 6.07) is -0.646. The molecule has 2 fully saturated rings. The number of rotatable bonds is 4. The van der Waals surface area contributed by atoms with Gasteiger partial charge in [0.1, 0.15) is 6.04 Å². The lowest BCUT2D eigenvalue weighted by atomic mass is 9.74. The van der Waals surface area contributed by atoms with E-state index in [0.29, 0.717) is 25.4 Å². The molecule has 2 N–H and O–H groups in total. The van der Waals surface area contributed by atoms with Crippen LogP contribution < -0.4 is 5.32 Å². The lowest BCUT2D eigenvalue weighted by molar-refractivity contribution is -0.159. The van der Waals surface area contributed by atoms with Crippen LogP contribution in [0.5, 0.6) is 0 Å². The van der Waals surface area contributed by atoms with E-state index in [-0.39, 0.29) is 11.8 Å². The van der Waals surface area contributed by atoms with Gasteiger partial charge in [0.2, 0.25) is 5.91 Å². The molecule has 0 bridgehead atoms. The second kappa shape index (κ2) is 6.34. The second-order valence-corrected chi connectivity index (χ2v) is 6.89. The summed E-state index contributed by atoms with van der Waals surface area (Å²) >= 11 is 0. The van der Waals surface area contributed by atoms with Gasteiger partial charge >= 0.3 is 5.97 Å². The van der Waals surface area contributed by atoms with Crippen molar-refractivity contribution < 1.29 is 14.7 Å². The molecular weight excluding hydrogens is 268 g/mol. The van der Waals surface area contributed by atoms with Gasteiger partial charge in [0, 0.05) is 13.1 Å². The number of carboxylic acid groups (broad SMARTS) is 1. The molecule has 0 aromatic carbocycles. The summed E-state index contributed by atoms with van der Waals surface area (Å²) in [5.74, 6) is -0.166. The lowest BCUT2D eigenvalue weighted by Crippen LogP contribution is -2.56. The molecule has 0 aromatic heterocycles. The van der Waals surface area contributed by atoms with Crippen molar-refractivity contribution in [1.82, 2.24) is 10.2 Å². The zero-order valence-corrected chi connectivity index (χ0v) is 13.4. The fourth-order valence-electron chi connectivity index (χ4n) is 3.81. The fourth-order valence-corrected chi connectivity index (χ4v) is 3.81. The minimum absolute atomic E-state index is 0.0458. The van der Waals surface area contributed by atoms with Gasteiger partial charge in [-0.1, -0.05) is 27.2 Å². The average Bonchev–Trinajstić information content (AvgIpc) is 2.96. The number of carboxylic acids is 1. The van der Waals surface area contributed by atoms with Crippen LogP contribution in [0.3, 0.4) is 0 Å². The maximum Gasteiger partial charge on any atom is 0.326 e. The van der Waals surface area contributed by atoms with E-state index in [1.807, 2.05) is 0 Å². The number of hydrogen-bond donors (Lipinski definition) is 2. The molecule has 2 heterocycles. The van der Waals surface area contributed by atoms with Gasteiger partial charge in [-0.25, -0.2) is 4.79 Å². The van der Waals surface area contributed by atoms with Gasteiger partial charge < -0.3 is 15.3 Å². The quantitative estimate of drug-likeness (QED) is 0.829. The highest BCUT2D eigenvalue weighted by Crippen LogP contribution is 2.38. The summed E-state index contributed by atoms with van der Waals surface area (Å²) in [6.45, 7) is 8.33. The smallest absolute Gasteiger partial charge is 0.326 e. The van der Waals surface area contributed by atoms with Crippen molar-refractivity contribution in [2.75, 3.05) is 19.6 Å². The second-order valence-electron chi connectivity index (χ2n) is 6.89. The van der Waals surface area contributed by atoms with Crippen LogP contribution in [0.1, 0.15) is 46.5 Å². The van der Waals surface area contributed by atoms with Crippen LogP contribution in [0.2, 0.25) is 0 Å². The van der Waals surface area contributed by atoms with E-state index in [1.54, 1.807) is 4.90 Å². The van der Waals surface area contributed by atoms with Crippen molar-refractivity contribution >= 4 is 11.9 Å². The van der Waals surface area contributed by atoms with Gasteiger partial charge in [0.25, 0.3) is 0 Å². The first-order valence-electron chi connectivity index (χ1n) is 8.17. The molecule has 2 saturated heterocycles. The number of piperidine rings is 1. The summed E-state index contributed by atoms with van der Waals surface area (Å²) < 4.78 is 0. The van der Waals surface area contributed by atoms with E-state index in [2.05, 4.69) is 26.1 Å². The van der Waals surface area contributed by atoms with Crippen molar-refractivity contribution in [3.63, 3.8) is 0 Å². The number of aliphatic carboxylic acids is 1. The largest absolute Gasteiger partial charge is 0.480 e. The molecule has 1 amide bonds. The Kier molecular flexibility index (Phi) is 4.91. The van der Waals surface area contributed by atoms with E-state index in [1.165, 1.54) is 0 Å². The zero-order valence-electron chi connectivity index (χ0n) is 13.4. The molecule has 0 aromatic rings. The van der Waals surface area contributed by atoms with Crippen LogP contribution in [-0.2, 0) is 9.59 Å². The Hall–Kier alpha value is -1.10.